The molecule has 2 nitrogen and oxygen atoms in total. The highest BCUT2D eigenvalue weighted by Gasteiger charge is 2.19. The van der Waals surface area contributed by atoms with Crippen molar-refractivity contribution in [1.29, 1.82) is 0 Å². The van der Waals surface area contributed by atoms with Crippen LogP contribution in [0.1, 0.15) is 43.4 Å². The van der Waals surface area contributed by atoms with Crippen LogP contribution in [-0.2, 0) is 6.42 Å². The van der Waals surface area contributed by atoms with E-state index in [0.29, 0.717) is 6.04 Å². The molecule has 0 aliphatic heterocycles. The molecule has 0 heterocycles. The minimum atomic E-state index is 0.386. The molecule has 0 saturated carbocycles. The third-order valence-corrected chi connectivity index (χ3v) is 3.47. The molecule has 1 aromatic rings. The molecule has 1 aliphatic carbocycles. The molecule has 0 saturated heterocycles. The first-order chi connectivity index (χ1) is 8.31. The predicted octanol–water partition coefficient (Wildman–Crippen LogP) is 2.94. The fourth-order valence-corrected chi connectivity index (χ4v) is 2.60. The lowest BCUT2D eigenvalue weighted by atomic mass is 9.88. The Balaban J connectivity index is 2.01. The standard InChI is InChI=1S/C14H20N2S/c1-2-10-15-14(17)16-13-9-5-7-11-6-3-4-8-12(11)13/h3-4,6,8,13H,2,5,7,9-10H2,1H3,(H2,15,16,17)/t13-/m0/s1. The number of nitrogens with one attached hydrogen (secondary N) is 2. The fourth-order valence-electron chi connectivity index (χ4n) is 2.35. The van der Waals surface area contributed by atoms with Gasteiger partial charge in [-0.25, -0.2) is 0 Å². The van der Waals surface area contributed by atoms with Crippen molar-refractivity contribution in [2.24, 2.45) is 0 Å². The lowest BCUT2D eigenvalue weighted by Gasteiger charge is -2.27. The summed E-state index contributed by atoms with van der Waals surface area (Å²) in [6.07, 6.45) is 4.71. The monoisotopic (exact) mass is 248 g/mol. The van der Waals surface area contributed by atoms with E-state index in [1.165, 1.54) is 30.4 Å². The molecule has 0 unspecified atom stereocenters. The van der Waals surface area contributed by atoms with Crippen LogP contribution in [0.15, 0.2) is 24.3 Å². The van der Waals surface area contributed by atoms with Gasteiger partial charge in [0.1, 0.15) is 0 Å². The normalized spacial score (nSPS) is 18.3. The molecular weight excluding hydrogens is 228 g/mol. The summed E-state index contributed by atoms with van der Waals surface area (Å²) in [6.45, 7) is 3.09. The second-order valence-corrected chi connectivity index (χ2v) is 4.95. The van der Waals surface area contributed by atoms with Gasteiger partial charge in [-0.1, -0.05) is 31.2 Å². The van der Waals surface area contributed by atoms with Gasteiger partial charge in [0.25, 0.3) is 0 Å². The molecule has 1 aliphatic rings. The first-order valence-corrected chi connectivity index (χ1v) is 6.84. The van der Waals surface area contributed by atoms with Crippen molar-refractivity contribution < 1.29 is 0 Å². The summed E-state index contributed by atoms with van der Waals surface area (Å²) < 4.78 is 0. The van der Waals surface area contributed by atoms with Crippen LogP contribution in [0.5, 0.6) is 0 Å². The molecule has 2 rings (SSSR count). The Kier molecular flexibility index (Phi) is 4.37. The highest BCUT2D eigenvalue weighted by molar-refractivity contribution is 7.80. The number of fused-ring (bicyclic) bond motifs is 1. The van der Waals surface area contributed by atoms with Gasteiger partial charge in [-0.15, -0.1) is 0 Å². The van der Waals surface area contributed by atoms with Crippen molar-refractivity contribution in [3.8, 4) is 0 Å². The molecular formula is C14H20N2S. The molecule has 0 amide bonds. The smallest absolute Gasteiger partial charge is 0.166 e. The SMILES string of the molecule is CCCNC(=S)N[C@H]1CCCc2ccccc21. The van der Waals surface area contributed by atoms with Gasteiger partial charge in [-0.3, -0.25) is 0 Å². The van der Waals surface area contributed by atoms with Crippen molar-refractivity contribution in [3.05, 3.63) is 35.4 Å². The van der Waals surface area contributed by atoms with Gasteiger partial charge < -0.3 is 10.6 Å². The largest absolute Gasteiger partial charge is 0.363 e. The summed E-state index contributed by atoms with van der Waals surface area (Å²) in [5, 5.41) is 7.45. The van der Waals surface area contributed by atoms with Gasteiger partial charge in [0.15, 0.2) is 5.11 Å². The van der Waals surface area contributed by atoms with E-state index in [1.807, 2.05) is 0 Å². The van der Waals surface area contributed by atoms with Crippen LogP contribution >= 0.6 is 12.2 Å². The summed E-state index contributed by atoms with van der Waals surface area (Å²) in [5.41, 5.74) is 2.88. The van der Waals surface area contributed by atoms with E-state index in [9.17, 15) is 0 Å². The Labute approximate surface area is 109 Å². The van der Waals surface area contributed by atoms with E-state index in [0.717, 1.165) is 18.1 Å². The van der Waals surface area contributed by atoms with Gasteiger partial charge in [0, 0.05) is 6.54 Å². The average molecular weight is 248 g/mol. The highest BCUT2D eigenvalue weighted by atomic mass is 32.1. The van der Waals surface area contributed by atoms with Crippen molar-refractivity contribution in [1.82, 2.24) is 10.6 Å². The van der Waals surface area contributed by atoms with E-state index >= 15 is 0 Å². The maximum atomic E-state index is 5.31. The van der Waals surface area contributed by atoms with Crippen molar-refractivity contribution in [3.63, 3.8) is 0 Å². The Morgan fingerprint density at radius 1 is 1.41 bits per heavy atom. The molecule has 0 bridgehead atoms. The first-order valence-electron chi connectivity index (χ1n) is 6.43. The van der Waals surface area contributed by atoms with E-state index in [4.69, 9.17) is 12.2 Å². The van der Waals surface area contributed by atoms with Gasteiger partial charge >= 0.3 is 0 Å². The fraction of sp³-hybridized carbons (Fsp3) is 0.500. The molecule has 3 heteroatoms. The van der Waals surface area contributed by atoms with Crippen LogP contribution in [0.25, 0.3) is 0 Å². The Morgan fingerprint density at radius 2 is 2.24 bits per heavy atom. The molecule has 17 heavy (non-hydrogen) atoms. The zero-order valence-corrected chi connectivity index (χ0v) is 11.1. The number of thiocarbonyl (C=S) groups is 1. The van der Waals surface area contributed by atoms with Crippen LogP contribution in [0.4, 0.5) is 0 Å². The van der Waals surface area contributed by atoms with Crippen molar-refractivity contribution in [2.75, 3.05) is 6.54 Å². The molecule has 2 N–H and O–H groups in total. The summed E-state index contributed by atoms with van der Waals surface area (Å²) in [5.74, 6) is 0. The molecule has 0 spiro atoms. The van der Waals surface area contributed by atoms with Crippen molar-refractivity contribution >= 4 is 17.3 Å². The molecule has 1 atom stereocenters. The lowest BCUT2D eigenvalue weighted by Crippen LogP contribution is -2.39. The molecule has 0 fully saturated rings. The Bertz CT molecular complexity index is 390. The minimum absolute atomic E-state index is 0.386. The zero-order valence-electron chi connectivity index (χ0n) is 10.3. The summed E-state index contributed by atoms with van der Waals surface area (Å²) in [7, 11) is 0. The number of rotatable bonds is 3. The summed E-state index contributed by atoms with van der Waals surface area (Å²) >= 11 is 5.31. The summed E-state index contributed by atoms with van der Waals surface area (Å²) in [6, 6.07) is 9.06. The number of hydrogen-bond donors (Lipinski definition) is 2. The lowest BCUT2D eigenvalue weighted by molar-refractivity contribution is 0.523. The predicted molar refractivity (Wildman–Crippen MR) is 76.1 cm³/mol. The average Bonchev–Trinajstić information content (AvgIpc) is 2.37. The first kappa shape index (κ1) is 12.4. The highest BCUT2D eigenvalue weighted by Crippen LogP contribution is 2.29. The zero-order chi connectivity index (χ0) is 12.1. The van der Waals surface area contributed by atoms with Gasteiger partial charge in [-0.05, 0) is 49.0 Å². The van der Waals surface area contributed by atoms with Crippen molar-refractivity contribution in [2.45, 2.75) is 38.6 Å². The quantitative estimate of drug-likeness (QED) is 0.804. The maximum Gasteiger partial charge on any atom is 0.166 e. The molecule has 1 aromatic carbocycles. The third kappa shape index (κ3) is 3.19. The van der Waals surface area contributed by atoms with Gasteiger partial charge in [0.2, 0.25) is 0 Å². The molecule has 0 aromatic heterocycles. The van der Waals surface area contributed by atoms with Crippen LogP contribution in [0.3, 0.4) is 0 Å². The second-order valence-electron chi connectivity index (χ2n) is 4.54. The second kappa shape index (κ2) is 6.01. The van der Waals surface area contributed by atoms with Gasteiger partial charge in [-0.2, -0.15) is 0 Å². The maximum absolute atomic E-state index is 5.31. The van der Waals surface area contributed by atoms with Crippen LogP contribution in [0, 0.1) is 0 Å². The van der Waals surface area contributed by atoms with E-state index in [1.54, 1.807) is 0 Å². The number of aryl methyl sites for hydroxylation is 1. The van der Waals surface area contributed by atoms with Gasteiger partial charge in [0.05, 0.1) is 6.04 Å². The molecule has 0 radical (unpaired) electrons. The topological polar surface area (TPSA) is 24.1 Å². The number of benzene rings is 1. The van der Waals surface area contributed by atoms with E-state index < -0.39 is 0 Å². The van der Waals surface area contributed by atoms with E-state index in [2.05, 4.69) is 41.8 Å². The van der Waals surface area contributed by atoms with Crippen LogP contribution in [-0.4, -0.2) is 11.7 Å². The molecule has 92 valence electrons. The number of hydrogen-bond acceptors (Lipinski definition) is 1. The van der Waals surface area contributed by atoms with Crippen LogP contribution < -0.4 is 10.6 Å². The minimum Gasteiger partial charge on any atom is -0.363 e. The summed E-state index contributed by atoms with van der Waals surface area (Å²) in [4.78, 5) is 0. The van der Waals surface area contributed by atoms with E-state index in [-0.39, 0.29) is 0 Å². The van der Waals surface area contributed by atoms with Crippen LogP contribution in [0.2, 0.25) is 0 Å². The Morgan fingerprint density at radius 3 is 3.06 bits per heavy atom. The third-order valence-electron chi connectivity index (χ3n) is 3.21. The Hall–Kier alpha value is -1.09.